The second-order valence-electron chi connectivity index (χ2n) is 6.11. The molecule has 0 spiro atoms. The first-order valence-electron chi connectivity index (χ1n) is 8.47. The molecule has 5 nitrogen and oxygen atoms in total. The van der Waals surface area contributed by atoms with Crippen molar-refractivity contribution in [3.05, 3.63) is 64.0 Å². The number of carbonyl (C=O) groups excluding carboxylic acids is 2. The average molecular weight is 398 g/mol. The molecule has 7 heteroatoms. The predicted molar refractivity (Wildman–Crippen MR) is 110 cm³/mol. The Labute approximate surface area is 166 Å². The van der Waals surface area contributed by atoms with Crippen molar-refractivity contribution in [1.82, 2.24) is 4.90 Å². The van der Waals surface area contributed by atoms with Crippen LogP contribution < -0.4 is 4.90 Å². The summed E-state index contributed by atoms with van der Waals surface area (Å²) in [5, 5.41) is 1.16. The van der Waals surface area contributed by atoms with Gasteiger partial charge in [0.15, 0.2) is 5.17 Å². The topological polar surface area (TPSA) is 53.0 Å². The van der Waals surface area contributed by atoms with Gasteiger partial charge in [-0.25, -0.2) is 4.99 Å². The standard InChI is InChI=1S/C20H16ClN3O2S/c1-3-24-15-7-5-4-6-14(15)16(18(24)25)17-19(26)23(2)20(27-17)22-13-10-8-12(21)9-11-13/h4-11H,3H2,1-2H3/b17-16+,22-20?. The maximum absolute atomic E-state index is 13.0. The largest absolute Gasteiger partial charge is 0.308 e. The van der Waals surface area contributed by atoms with Gasteiger partial charge in [0.1, 0.15) is 0 Å². The van der Waals surface area contributed by atoms with E-state index in [2.05, 4.69) is 4.99 Å². The van der Waals surface area contributed by atoms with Crippen molar-refractivity contribution in [2.45, 2.75) is 6.92 Å². The first kappa shape index (κ1) is 17.8. The predicted octanol–water partition coefficient (Wildman–Crippen LogP) is 4.31. The number of nitrogens with zero attached hydrogens (tertiary/aromatic N) is 3. The monoisotopic (exact) mass is 397 g/mol. The number of benzene rings is 2. The summed E-state index contributed by atoms with van der Waals surface area (Å²) in [4.78, 5) is 34.0. The van der Waals surface area contributed by atoms with E-state index in [4.69, 9.17) is 11.6 Å². The van der Waals surface area contributed by atoms with Gasteiger partial charge < -0.3 is 4.90 Å². The zero-order valence-corrected chi connectivity index (χ0v) is 16.3. The van der Waals surface area contributed by atoms with Crippen LogP contribution in [-0.4, -0.2) is 35.5 Å². The second-order valence-corrected chi connectivity index (χ2v) is 7.52. The smallest absolute Gasteiger partial charge is 0.267 e. The highest BCUT2D eigenvalue weighted by Crippen LogP contribution is 2.44. The fourth-order valence-electron chi connectivity index (χ4n) is 3.14. The van der Waals surface area contributed by atoms with Gasteiger partial charge in [-0.05, 0) is 49.0 Å². The Morgan fingerprint density at radius 3 is 2.44 bits per heavy atom. The Balaban J connectivity index is 1.80. The van der Waals surface area contributed by atoms with E-state index >= 15 is 0 Å². The lowest BCUT2D eigenvalue weighted by Crippen LogP contribution is -2.27. The molecule has 2 amide bonds. The minimum Gasteiger partial charge on any atom is -0.308 e. The fourth-order valence-corrected chi connectivity index (χ4v) is 4.34. The molecule has 0 bridgehead atoms. The summed E-state index contributed by atoms with van der Waals surface area (Å²) in [6, 6.07) is 14.6. The number of amides is 2. The summed E-state index contributed by atoms with van der Waals surface area (Å²) < 4.78 is 0. The molecule has 2 aliphatic rings. The molecule has 2 heterocycles. The summed E-state index contributed by atoms with van der Waals surface area (Å²) in [5.41, 5.74) is 2.78. The van der Waals surface area contributed by atoms with Crippen molar-refractivity contribution in [3.63, 3.8) is 0 Å². The van der Waals surface area contributed by atoms with E-state index in [0.717, 1.165) is 11.3 Å². The van der Waals surface area contributed by atoms with Crippen LogP contribution in [0.25, 0.3) is 5.57 Å². The van der Waals surface area contributed by atoms with Gasteiger partial charge in [-0.15, -0.1) is 0 Å². The number of para-hydroxylation sites is 1. The van der Waals surface area contributed by atoms with Gasteiger partial charge in [0.05, 0.1) is 21.9 Å². The number of carbonyl (C=O) groups is 2. The molecule has 27 heavy (non-hydrogen) atoms. The first-order chi connectivity index (χ1) is 13.0. The number of thioether (sulfide) groups is 1. The molecule has 0 aliphatic carbocycles. The van der Waals surface area contributed by atoms with Crippen LogP contribution in [0.3, 0.4) is 0 Å². The number of rotatable bonds is 2. The van der Waals surface area contributed by atoms with Gasteiger partial charge >= 0.3 is 0 Å². The van der Waals surface area contributed by atoms with Crippen molar-refractivity contribution in [3.8, 4) is 0 Å². The van der Waals surface area contributed by atoms with Crippen LogP contribution >= 0.6 is 23.4 Å². The van der Waals surface area contributed by atoms with Gasteiger partial charge in [0, 0.05) is 24.2 Å². The molecular weight excluding hydrogens is 382 g/mol. The average Bonchev–Trinajstić information content (AvgIpc) is 3.11. The molecule has 2 aromatic carbocycles. The Hall–Kier alpha value is -2.57. The van der Waals surface area contributed by atoms with E-state index in [-0.39, 0.29) is 11.8 Å². The van der Waals surface area contributed by atoms with E-state index in [1.807, 2.05) is 31.2 Å². The number of halogens is 1. The SMILES string of the molecule is CCN1C(=O)/C(=C2/SC(=Nc3ccc(Cl)cc3)N(C)C2=O)c2ccccc21. The minimum atomic E-state index is -0.219. The summed E-state index contributed by atoms with van der Waals surface area (Å²) in [6.07, 6.45) is 0. The summed E-state index contributed by atoms with van der Waals surface area (Å²) in [6.45, 7) is 2.47. The van der Waals surface area contributed by atoms with E-state index in [1.165, 1.54) is 16.7 Å². The number of likely N-dealkylation sites (N-methyl/N-ethyl adjacent to an activating group) is 2. The third-order valence-electron chi connectivity index (χ3n) is 4.50. The lowest BCUT2D eigenvalue weighted by molar-refractivity contribution is -0.121. The zero-order chi connectivity index (χ0) is 19.1. The van der Waals surface area contributed by atoms with Gasteiger partial charge in [-0.2, -0.15) is 0 Å². The highest BCUT2D eigenvalue weighted by Gasteiger charge is 2.40. The molecule has 1 saturated heterocycles. The van der Waals surface area contributed by atoms with Gasteiger partial charge in [-0.3, -0.25) is 14.5 Å². The Bertz CT molecular complexity index is 1010. The van der Waals surface area contributed by atoms with Crippen molar-refractivity contribution in [2.24, 2.45) is 4.99 Å². The number of anilines is 1. The highest BCUT2D eigenvalue weighted by atomic mass is 35.5. The lowest BCUT2D eigenvalue weighted by atomic mass is 10.1. The van der Waals surface area contributed by atoms with Gasteiger partial charge in [0.25, 0.3) is 11.8 Å². The molecule has 4 rings (SSSR count). The summed E-state index contributed by atoms with van der Waals surface area (Å²) in [7, 11) is 1.67. The third-order valence-corrected chi connectivity index (χ3v) is 5.88. The number of amidine groups is 1. The lowest BCUT2D eigenvalue weighted by Gasteiger charge is -2.13. The fraction of sp³-hybridized carbons (Fsp3) is 0.150. The van der Waals surface area contributed by atoms with E-state index < -0.39 is 0 Å². The normalized spacial score (nSPS) is 20.8. The van der Waals surface area contributed by atoms with Gasteiger partial charge in [-0.1, -0.05) is 29.8 Å². The highest BCUT2D eigenvalue weighted by molar-refractivity contribution is 8.18. The number of hydrogen-bond donors (Lipinski definition) is 0. The molecule has 0 unspecified atom stereocenters. The quantitative estimate of drug-likeness (QED) is 0.709. The molecule has 2 aliphatic heterocycles. The van der Waals surface area contributed by atoms with Crippen LogP contribution in [0.15, 0.2) is 58.4 Å². The molecule has 136 valence electrons. The van der Waals surface area contributed by atoms with Crippen LogP contribution in [0.1, 0.15) is 12.5 Å². The van der Waals surface area contributed by atoms with Crippen LogP contribution in [0.4, 0.5) is 11.4 Å². The number of aliphatic imine (C=N–C) groups is 1. The molecule has 0 N–H and O–H groups in total. The van der Waals surface area contributed by atoms with Crippen molar-refractivity contribution in [2.75, 3.05) is 18.5 Å². The third kappa shape index (κ3) is 2.95. The maximum atomic E-state index is 13.0. The first-order valence-corrected chi connectivity index (χ1v) is 9.66. The molecule has 0 saturated carbocycles. The Morgan fingerprint density at radius 1 is 1.04 bits per heavy atom. The van der Waals surface area contributed by atoms with E-state index in [9.17, 15) is 9.59 Å². The molecule has 1 fully saturated rings. The zero-order valence-electron chi connectivity index (χ0n) is 14.8. The molecular formula is C20H16ClN3O2S. The van der Waals surface area contributed by atoms with Crippen molar-refractivity contribution < 1.29 is 9.59 Å². The van der Waals surface area contributed by atoms with E-state index in [0.29, 0.717) is 32.9 Å². The van der Waals surface area contributed by atoms with Crippen LogP contribution in [-0.2, 0) is 9.59 Å². The Kier molecular flexibility index (Phi) is 4.53. The molecule has 0 aromatic heterocycles. The minimum absolute atomic E-state index is 0.143. The molecule has 0 atom stereocenters. The summed E-state index contributed by atoms with van der Waals surface area (Å²) >= 11 is 7.14. The van der Waals surface area contributed by atoms with Crippen LogP contribution in [0.5, 0.6) is 0 Å². The Morgan fingerprint density at radius 2 is 1.74 bits per heavy atom. The number of hydrogen-bond acceptors (Lipinski definition) is 4. The van der Waals surface area contributed by atoms with Crippen molar-refractivity contribution >= 4 is 57.3 Å². The van der Waals surface area contributed by atoms with Crippen LogP contribution in [0, 0.1) is 0 Å². The number of fused-ring (bicyclic) bond motifs is 1. The maximum Gasteiger partial charge on any atom is 0.267 e. The molecule has 0 radical (unpaired) electrons. The van der Waals surface area contributed by atoms with Crippen molar-refractivity contribution in [1.29, 1.82) is 0 Å². The summed E-state index contributed by atoms with van der Waals surface area (Å²) in [5.74, 6) is -0.362. The van der Waals surface area contributed by atoms with Crippen LogP contribution in [0.2, 0.25) is 5.02 Å². The second kappa shape index (κ2) is 6.87. The molecule has 2 aromatic rings. The van der Waals surface area contributed by atoms with E-state index in [1.54, 1.807) is 36.2 Å². The van der Waals surface area contributed by atoms with Gasteiger partial charge in [0.2, 0.25) is 0 Å².